The molecule has 0 amide bonds. The Balaban J connectivity index is 2.38. The van der Waals surface area contributed by atoms with E-state index in [0.717, 1.165) is 16.9 Å². The highest BCUT2D eigenvalue weighted by Gasteiger charge is 2.30. The Morgan fingerprint density at radius 3 is 2.50 bits per heavy atom. The topological polar surface area (TPSA) is 103 Å². The van der Waals surface area contributed by atoms with Gasteiger partial charge in [-0.2, -0.15) is 3.97 Å². The number of hydrogen-bond acceptors (Lipinski definition) is 7. The number of carbonyl (C=O) groups is 1. The maximum Gasteiger partial charge on any atom is 0.344 e. The number of aryl methyl sites for hydroxylation is 1. The summed E-state index contributed by atoms with van der Waals surface area (Å²) in [4.78, 5) is 24.8. The van der Waals surface area contributed by atoms with E-state index in [1.54, 1.807) is 26.0 Å². The molecule has 1 N–H and O–H groups in total. The van der Waals surface area contributed by atoms with Gasteiger partial charge in [0.15, 0.2) is 0 Å². The van der Waals surface area contributed by atoms with Gasteiger partial charge in [-0.05, 0) is 37.4 Å². The van der Waals surface area contributed by atoms with E-state index in [2.05, 4.69) is 0 Å². The smallest absolute Gasteiger partial charge is 0.344 e. The SMILES string of the molecule is CCOC(=O)c1c(O)n(S(=O)(=O)c2ccc(C)cc2)c(=O)c2sccc12. The molecule has 0 bridgehead atoms. The molecule has 26 heavy (non-hydrogen) atoms. The van der Waals surface area contributed by atoms with Gasteiger partial charge in [-0.1, -0.05) is 17.7 Å². The van der Waals surface area contributed by atoms with E-state index < -0.39 is 27.4 Å². The van der Waals surface area contributed by atoms with Crippen LogP contribution in [0.1, 0.15) is 22.8 Å². The highest BCUT2D eigenvalue weighted by molar-refractivity contribution is 7.90. The van der Waals surface area contributed by atoms with Crippen LogP contribution in [-0.4, -0.2) is 30.1 Å². The van der Waals surface area contributed by atoms with Gasteiger partial charge in [0, 0.05) is 5.39 Å². The molecule has 2 aromatic heterocycles. The van der Waals surface area contributed by atoms with Crippen LogP contribution in [0.5, 0.6) is 5.88 Å². The third kappa shape index (κ3) is 2.78. The molecule has 0 spiro atoms. The van der Waals surface area contributed by atoms with Crippen LogP contribution in [0.15, 0.2) is 45.4 Å². The second-order valence-electron chi connectivity index (χ2n) is 5.47. The lowest BCUT2D eigenvalue weighted by atomic mass is 10.2. The Labute approximate surface area is 153 Å². The molecule has 2 heterocycles. The van der Waals surface area contributed by atoms with Crippen molar-refractivity contribution in [3.8, 4) is 5.88 Å². The number of hydrogen-bond donors (Lipinski definition) is 1. The number of thiophene rings is 1. The van der Waals surface area contributed by atoms with Gasteiger partial charge in [-0.15, -0.1) is 11.3 Å². The molecular weight excluding hydrogens is 378 g/mol. The van der Waals surface area contributed by atoms with Gasteiger partial charge in [0.25, 0.3) is 15.6 Å². The minimum atomic E-state index is -4.40. The Bertz CT molecular complexity index is 1160. The number of esters is 1. The summed E-state index contributed by atoms with van der Waals surface area (Å²) in [5.41, 5.74) is -0.430. The molecule has 0 radical (unpaired) electrons. The minimum absolute atomic E-state index is 0.0355. The Morgan fingerprint density at radius 1 is 1.23 bits per heavy atom. The first-order valence-electron chi connectivity index (χ1n) is 7.63. The van der Waals surface area contributed by atoms with E-state index >= 15 is 0 Å². The highest BCUT2D eigenvalue weighted by Crippen LogP contribution is 2.31. The maximum absolute atomic E-state index is 12.9. The van der Waals surface area contributed by atoms with Crippen molar-refractivity contribution < 1.29 is 23.1 Å². The van der Waals surface area contributed by atoms with Gasteiger partial charge >= 0.3 is 5.97 Å². The lowest BCUT2D eigenvalue weighted by Gasteiger charge is -2.13. The van der Waals surface area contributed by atoms with Crippen molar-refractivity contribution in [1.82, 2.24) is 3.97 Å². The van der Waals surface area contributed by atoms with Crippen LogP contribution in [0.2, 0.25) is 0 Å². The van der Waals surface area contributed by atoms with Crippen molar-refractivity contribution in [1.29, 1.82) is 0 Å². The fourth-order valence-electron chi connectivity index (χ4n) is 2.53. The van der Waals surface area contributed by atoms with E-state index in [1.807, 2.05) is 0 Å². The quantitative estimate of drug-likeness (QED) is 0.683. The zero-order valence-corrected chi connectivity index (χ0v) is 15.6. The Morgan fingerprint density at radius 2 is 1.88 bits per heavy atom. The number of rotatable bonds is 4. The van der Waals surface area contributed by atoms with E-state index in [0.29, 0.717) is 0 Å². The first kappa shape index (κ1) is 18.2. The van der Waals surface area contributed by atoms with Crippen molar-refractivity contribution in [3.63, 3.8) is 0 Å². The number of ether oxygens (including phenoxy) is 1. The number of benzene rings is 1. The molecule has 0 unspecified atom stereocenters. The standard InChI is InChI=1S/C17H15NO6S2/c1-3-24-17(21)13-12-8-9-25-14(12)16(20)18(15(13)19)26(22,23)11-6-4-10(2)5-7-11/h4-9,19H,3H2,1-2H3. The fraction of sp³-hybridized carbons (Fsp3) is 0.176. The monoisotopic (exact) mass is 393 g/mol. The van der Waals surface area contributed by atoms with Crippen LogP contribution in [0, 0.1) is 6.92 Å². The number of aromatic nitrogens is 1. The second kappa shape index (κ2) is 6.58. The molecule has 0 aliphatic carbocycles. The summed E-state index contributed by atoms with van der Waals surface area (Å²) < 4.78 is 31.1. The third-order valence-electron chi connectivity index (χ3n) is 3.77. The van der Waals surface area contributed by atoms with E-state index in [-0.39, 0.29) is 31.1 Å². The lowest BCUT2D eigenvalue weighted by molar-refractivity contribution is 0.0524. The third-order valence-corrected chi connectivity index (χ3v) is 6.36. The number of aromatic hydroxyl groups is 1. The van der Waals surface area contributed by atoms with Gasteiger partial charge in [-0.25, -0.2) is 13.2 Å². The maximum atomic E-state index is 12.9. The van der Waals surface area contributed by atoms with Crippen LogP contribution in [0.25, 0.3) is 10.1 Å². The molecule has 0 saturated heterocycles. The first-order valence-corrected chi connectivity index (χ1v) is 9.95. The van der Waals surface area contributed by atoms with Crippen molar-refractivity contribution in [3.05, 3.63) is 57.2 Å². The van der Waals surface area contributed by atoms with Gasteiger partial charge < -0.3 is 9.84 Å². The predicted molar refractivity (Wildman–Crippen MR) is 97.5 cm³/mol. The predicted octanol–water partition coefficient (Wildman–Crippen LogP) is 2.49. The van der Waals surface area contributed by atoms with Gasteiger partial charge in [0.05, 0.1) is 11.5 Å². The average molecular weight is 393 g/mol. The minimum Gasteiger partial charge on any atom is -0.493 e. The molecule has 1 aromatic carbocycles. The van der Waals surface area contributed by atoms with Crippen LogP contribution < -0.4 is 5.56 Å². The fourth-order valence-corrected chi connectivity index (χ4v) is 4.73. The van der Waals surface area contributed by atoms with Crippen molar-refractivity contribution in [2.24, 2.45) is 0 Å². The molecule has 0 atom stereocenters. The second-order valence-corrected chi connectivity index (χ2v) is 8.17. The van der Waals surface area contributed by atoms with Gasteiger partial charge in [0.2, 0.25) is 5.88 Å². The molecule has 136 valence electrons. The summed E-state index contributed by atoms with van der Waals surface area (Å²) >= 11 is 0.984. The van der Waals surface area contributed by atoms with Gasteiger partial charge in [-0.3, -0.25) is 4.79 Å². The molecule has 3 rings (SSSR count). The highest BCUT2D eigenvalue weighted by atomic mass is 32.2. The molecule has 9 heteroatoms. The molecule has 0 aliphatic heterocycles. The summed E-state index contributed by atoms with van der Waals surface area (Å²) in [7, 11) is -4.40. The van der Waals surface area contributed by atoms with E-state index in [4.69, 9.17) is 4.74 Å². The molecular formula is C17H15NO6S2. The van der Waals surface area contributed by atoms with E-state index in [1.165, 1.54) is 23.6 Å². The zero-order valence-electron chi connectivity index (χ0n) is 13.9. The summed E-state index contributed by atoms with van der Waals surface area (Å²) in [6.45, 7) is 3.41. The van der Waals surface area contributed by atoms with Crippen molar-refractivity contribution in [2.75, 3.05) is 6.61 Å². The van der Waals surface area contributed by atoms with Crippen LogP contribution in [-0.2, 0) is 14.8 Å². The molecule has 0 fully saturated rings. The molecule has 0 saturated carbocycles. The van der Waals surface area contributed by atoms with Crippen molar-refractivity contribution >= 4 is 37.4 Å². The Kier molecular flexibility index (Phi) is 4.59. The van der Waals surface area contributed by atoms with Gasteiger partial charge in [0.1, 0.15) is 10.3 Å². The zero-order chi connectivity index (χ0) is 19.1. The van der Waals surface area contributed by atoms with Crippen LogP contribution >= 0.6 is 11.3 Å². The Hall–Kier alpha value is -2.65. The normalized spacial score (nSPS) is 11.6. The number of carbonyl (C=O) groups excluding carboxylic acids is 1. The molecule has 3 aromatic rings. The number of pyridine rings is 1. The number of nitrogens with zero attached hydrogens (tertiary/aromatic N) is 1. The number of fused-ring (bicyclic) bond motifs is 1. The van der Waals surface area contributed by atoms with E-state index in [9.17, 15) is 23.1 Å². The van der Waals surface area contributed by atoms with Crippen LogP contribution in [0.4, 0.5) is 0 Å². The summed E-state index contributed by atoms with van der Waals surface area (Å²) in [5.74, 6) is -1.86. The summed E-state index contributed by atoms with van der Waals surface area (Å²) in [5, 5.41) is 12.2. The van der Waals surface area contributed by atoms with Crippen molar-refractivity contribution in [2.45, 2.75) is 18.7 Å². The lowest BCUT2D eigenvalue weighted by Crippen LogP contribution is -2.29. The molecule has 7 nitrogen and oxygen atoms in total. The van der Waals surface area contributed by atoms with Crippen LogP contribution in [0.3, 0.4) is 0 Å². The summed E-state index contributed by atoms with van der Waals surface area (Å²) in [6, 6.07) is 7.28. The largest absolute Gasteiger partial charge is 0.493 e. The first-order chi connectivity index (χ1) is 12.3. The summed E-state index contributed by atoms with van der Waals surface area (Å²) in [6.07, 6.45) is 0. The average Bonchev–Trinajstić information content (AvgIpc) is 3.05. The molecule has 0 aliphatic rings.